The standard InChI is InChI=1S/C27H33F3/c1-2-3-4-5-18-6-7-21-15-22(9-8-20(21)14-18)23-16-25(29)27(26(30)17-23)19-10-12-24(28)13-11-19/h10-13,16-18,20-22H,2-9,14-15H2,1H3/t18?,20-,21-,22-/m1/s1. The van der Waals surface area contributed by atoms with Gasteiger partial charge < -0.3 is 0 Å². The van der Waals surface area contributed by atoms with E-state index in [1.807, 2.05) is 0 Å². The van der Waals surface area contributed by atoms with Crippen LogP contribution in [0.1, 0.15) is 82.6 Å². The Morgan fingerprint density at radius 3 is 2.17 bits per heavy atom. The van der Waals surface area contributed by atoms with Crippen molar-refractivity contribution in [1.82, 2.24) is 0 Å². The van der Waals surface area contributed by atoms with Crippen molar-refractivity contribution in [1.29, 1.82) is 0 Å². The Labute approximate surface area is 178 Å². The largest absolute Gasteiger partial charge is 0.207 e. The van der Waals surface area contributed by atoms with Crippen LogP contribution < -0.4 is 0 Å². The van der Waals surface area contributed by atoms with Crippen molar-refractivity contribution in [2.75, 3.05) is 0 Å². The van der Waals surface area contributed by atoms with Crippen LogP contribution in [0.4, 0.5) is 13.2 Å². The average molecular weight is 415 g/mol. The third-order valence-corrected chi connectivity index (χ3v) is 7.61. The van der Waals surface area contributed by atoms with Gasteiger partial charge in [0, 0.05) is 0 Å². The van der Waals surface area contributed by atoms with E-state index in [1.54, 1.807) is 0 Å². The molecule has 0 spiro atoms. The highest BCUT2D eigenvalue weighted by Gasteiger charge is 2.36. The van der Waals surface area contributed by atoms with Crippen molar-refractivity contribution in [2.24, 2.45) is 17.8 Å². The average Bonchev–Trinajstić information content (AvgIpc) is 2.74. The minimum atomic E-state index is -0.543. The van der Waals surface area contributed by atoms with Gasteiger partial charge in [0.2, 0.25) is 0 Å². The van der Waals surface area contributed by atoms with Crippen molar-refractivity contribution in [3.05, 3.63) is 59.4 Å². The summed E-state index contributed by atoms with van der Waals surface area (Å²) in [7, 11) is 0. The summed E-state index contributed by atoms with van der Waals surface area (Å²) >= 11 is 0. The Hall–Kier alpha value is -1.77. The predicted molar refractivity (Wildman–Crippen MR) is 117 cm³/mol. The molecule has 2 saturated carbocycles. The van der Waals surface area contributed by atoms with Gasteiger partial charge in [-0.25, -0.2) is 13.2 Å². The Balaban J connectivity index is 1.43. The molecular formula is C27H33F3. The molecule has 0 aromatic heterocycles. The van der Waals surface area contributed by atoms with Crippen LogP contribution in [-0.2, 0) is 0 Å². The van der Waals surface area contributed by atoms with E-state index in [-0.39, 0.29) is 11.5 Å². The lowest BCUT2D eigenvalue weighted by atomic mass is 9.63. The molecule has 2 aliphatic rings. The van der Waals surface area contributed by atoms with E-state index in [4.69, 9.17) is 0 Å². The maximum atomic E-state index is 14.9. The fourth-order valence-corrected chi connectivity index (χ4v) is 5.96. The zero-order valence-corrected chi connectivity index (χ0v) is 18.0. The Kier molecular flexibility index (Phi) is 6.85. The third-order valence-electron chi connectivity index (χ3n) is 7.61. The van der Waals surface area contributed by atoms with Gasteiger partial charge in [-0.1, -0.05) is 51.2 Å². The van der Waals surface area contributed by atoms with Crippen LogP contribution in [0.5, 0.6) is 0 Å². The summed E-state index contributed by atoms with van der Waals surface area (Å²) in [4.78, 5) is 0. The minimum absolute atomic E-state index is 0.0555. The predicted octanol–water partition coefficient (Wildman–Crippen LogP) is 8.65. The number of rotatable bonds is 6. The molecule has 2 aromatic carbocycles. The summed E-state index contributed by atoms with van der Waals surface area (Å²) < 4.78 is 42.9. The van der Waals surface area contributed by atoms with Gasteiger partial charge in [0.25, 0.3) is 0 Å². The fraction of sp³-hybridized carbons (Fsp3) is 0.556. The van der Waals surface area contributed by atoms with Gasteiger partial charge in [-0.15, -0.1) is 0 Å². The second kappa shape index (κ2) is 9.58. The molecule has 2 fully saturated rings. The summed E-state index contributed by atoms with van der Waals surface area (Å²) in [5, 5.41) is 0. The maximum absolute atomic E-state index is 14.9. The number of benzene rings is 2. The van der Waals surface area contributed by atoms with Crippen molar-refractivity contribution >= 4 is 0 Å². The van der Waals surface area contributed by atoms with Gasteiger partial charge in [0.1, 0.15) is 17.5 Å². The molecular weight excluding hydrogens is 381 g/mol. The summed E-state index contributed by atoms with van der Waals surface area (Å²) in [6.45, 7) is 2.26. The lowest BCUT2D eigenvalue weighted by Gasteiger charge is -2.42. The first kappa shape index (κ1) is 21.5. The smallest absolute Gasteiger partial charge is 0.134 e. The number of unbranched alkanes of at least 4 members (excludes halogenated alkanes) is 2. The molecule has 0 heterocycles. The van der Waals surface area contributed by atoms with Gasteiger partial charge >= 0.3 is 0 Å². The minimum Gasteiger partial charge on any atom is -0.207 e. The zero-order chi connectivity index (χ0) is 21.1. The SMILES string of the molecule is CCCCCC1CC[C@@H]2C[C@H](c3cc(F)c(-c4ccc(F)cc4)c(F)c3)CC[C@@H]2C1. The second-order valence-electron chi connectivity index (χ2n) is 9.57. The molecule has 0 radical (unpaired) electrons. The van der Waals surface area contributed by atoms with Crippen LogP contribution in [0.3, 0.4) is 0 Å². The number of fused-ring (bicyclic) bond motifs is 1. The van der Waals surface area contributed by atoms with Crippen molar-refractivity contribution in [3.63, 3.8) is 0 Å². The van der Waals surface area contributed by atoms with Gasteiger partial charge in [-0.2, -0.15) is 0 Å². The van der Waals surface area contributed by atoms with Crippen LogP contribution in [0.2, 0.25) is 0 Å². The highest BCUT2D eigenvalue weighted by atomic mass is 19.1. The Morgan fingerprint density at radius 2 is 1.47 bits per heavy atom. The molecule has 30 heavy (non-hydrogen) atoms. The highest BCUT2D eigenvalue weighted by molar-refractivity contribution is 5.65. The van der Waals surface area contributed by atoms with E-state index in [2.05, 4.69) is 6.92 Å². The lowest BCUT2D eigenvalue weighted by Crippen LogP contribution is -2.30. The number of hydrogen-bond acceptors (Lipinski definition) is 0. The highest BCUT2D eigenvalue weighted by Crippen LogP contribution is 2.48. The Morgan fingerprint density at radius 1 is 0.800 bits per heavy atom. The molecule has 2 aliphatic carbocycles. The van der Waals surface area contributed by atoms with Crippen LogP contribution in [-0.4, -0.2) is 0 Å². The van der Waals surface area contributed by atoms with Crippen molar-refractivity contribution in [2.45, 2.75) is 77.0 Å². The van der Waals surface area contributed by atoms with Gasteiger partial charge in [-0.3, -0.25) is 0 Å². The van der Waals surface area contributed by atoms with Crippen LogP contribution >= 0.6 is 0 Å². The molecule has 0 N–H and O–H groups in total. The van der Waals surface area contributed by atoms with E-state index in [1.165, 1.54) is 87.8 Å². The maximum Gasteiger partial charge on any atom is 0.134 e. The molecule has 3 heteroatoms. The molecule has 4 rings (SSSR count). The molecule has 2 aromatic rings. The summed E-state index contributed by atoms with van der Waals surface area (Å²) in [6.07, 6.45) is 12.6. The topological polar surface area (TPSA) is 0 Å². The first-order chi connectivity index (χ1) is 14.5. The van der Waals surface area contributed by atoms with Crippen molar-refractivity contribution in [3.8, 4) is 11.1 Å². The molecule has 4 atom stereocenters. The van der Waals surface area contributed by atoms with Crippen LogP contribution in [0.25, 0.3) is 11.1 Å². The molecule has 0 amide bonds. The van der Waals surface area contributed by atoms with E-state index in [0.717, 1.165) is 30.2 Å². The lowest BCUT2D eigenvalue weighted by molar-refractivity contribution is 0.113. The molecule has 0 nitrogen and oxygen atoms in total. The zero-order valence-electron chi connectivity index (χ0n) is 18.0. The van der Waals surface area contributed by atoms with E-state index in [0.29, 0.717) is 11.5 Å². The van der Waals surface area contributed by atoms with E-state index >= 15 is 0 Å². The second-order valence-corrected chi connectivity index (χ2v) is 9.57. The van der Waals surface area contributed by atoms with Gasteiger partial charge in [-0.05, 0) is 91.2 Å². The molecule has 0 aliphatic heterocycles. The molecule has 0 bridgehead atoms. The quantitative estimate of drug-likeness (QED) is 0.415. The third kappa shape index (κ3) is 4.76. The van der Waals surface area contributed by atoms with Crippen LogP contribution in [0.15, 0.2) is 36.4 Å². The van der Waals surface area contributed by atoms with Crippen LogP contribution in [0, 0.1) is 35.2 Å². The summed E-state index contributed by atoms with van der Waals surface area (Å²) in [5.41, 5.74) is 1.11. The van der Waals surface area contributed by atoms with Gasteiger partial charge in [0.05, 0.1) is 5.56 Å². The first-order valence-corrected chi connectivity index (χ1v) is 11.8. The van der Waals surface area contributed by atoms with Gasteiger partial charge in [0.15, 0.2) is 0 Å². The summed E-state index contributed by atoms with van der Waals surface area (Å²) in [6, 6.07) is 8.37. The Bertz CT molecular complexity index is 819. The van der Waals surface area contributed by atoms with E-state index < -0.39 is 17.5 Å². The number of hydrogen-bond donors (Lipinski definition) is 0. The fourth-order valence-electron chi connectivity index (χ4n) is 5.96. The summed E-state index contributed by atoms with van der Waals surface area (Å²) in [5.74, 6) is 1.14. The molecule has 0 saturated heterocycles. The number of halogens is 3. The normalized spacial score (nSPS) is 26.4. The van der Waals surface area contributed by atoms with Crippen molar-refractivity contribution < 1.29 is 13.2 Å². The molecule has 162 valence electrons. The van der Waals surface area contributed by atoms with E-state index in [9.17, 15) is 13.2 Å². The monoisotopic (exact) mass is 414 g/mol. The first-order valence-electron chi connectivity index (χ1n) is 11.8. The molecule has 1 unspecified atom stereocenters.